The lowest BCUT2D eigenvalue weighted by molar-refractivity contribution is 0.0730. The number of morpholine rings is 1. The highest BCUT2D eigenvalue weighted by Gasteiger charge is 2.27. The van der Waals surface area contributed by atoms with Crippen LogP contribution in [0, 0.1) is 6.92 Å². The molecule has 34 heavy (non-hydrogen) atoms. The van der Waals surface area contributed by atoms with Gasteiger partial charge in [-0.3, -0.25) is 4.79 Å². The molecule has 3 aromatic rings. The maximum absolute atomic E-state index is 13.0. The number of nitrogens with zero attached hydrogens (tertiary/aromatic N) is 1. The molecule has 0 unspecified atom stereocenters. The first-order valence-electron chi connectivity index (χ1n) is 10.8. The molecule has 0 spiro atoms. The van der Waals surface area contributed by atoms with Crippen LogP contribution in [0.4, 0.5) is 5.69 Å². The van der Waals surface area contributed by atoms with Crippen molar-refractivity contribution < 1.29 is 17.9 Å². The molecule has 1 aliphatic rings. The Morgan fingerprint density at radius 2 is 1.79 bits per heavy atom. The summed E-state index contributed by atoms with van der Waals surface area (Å²) in [7, 11) is -3.74. The van der Waals surface area contributed by atoms with Crippen LogP contribution in [0.25, 0.3) is 0 Å². The number of sulfonamides is 1. The lowest BCUT2D eigenvalue weighted by atomic mass is 10.1. The van der Waals surface area contributed by atoms with E-state index < -0.39 is 15.9 Å². The number of rotatable bonds is 7. The van der Waals surface area contributed by atoms with Gasteiger partial charge in [0, 0.05) is 29.4 Å². The van der Waals surface area contributed by atoms with E-state index >= 15 is 0 Å². The van der Waals surface area contributed by atoms with Crippen molar-refractivity contribution in [3.8, 4) is 0 Å². The third-order valence-corrected chi connectivity index (χ3v) is 8.79. The number of aryl methyl sites for hydroxylation is 1. The van der Waals surface area contributed by atoms with Crippen LogP contribution in [0.1, 0.15) is 21.5 Å². The predicted molar refractivity (Wildman–Crippen MR) is 136 cm³/mol. The van der Waals surface area contributed by atoms with Crippen LogP contribution >= 0.6 is 23.4 Å². The molecule has 1 aliphatic heterocycles. The number of benzene rings is 3. The van der Waals surface area contributed by atoms with Gasteiger partial charge in [-0.25, -0.2) is 8.42 Å². The Morgan fingerprint density at radius 1 is 1.06 bits per heavy atom. The van der Waals surface area contributed by atoms with Crippen LogP contribution in [-0.2, 0) is 20.5 Å². The van der Waals surface area contributed by atoms with Crippen molar-refractivity contribution in [1.29, 1.82) is 0 Å². The summed E-state index contributed by atoms with van der Waals surface area (Å²) in [6.07, 6.45) is 0. The van der Waals surface area contributed by atoms with Crippen LogP contribution in [-0.4, -0.2) is 44.9 Å². The number of thioether (sulfide) groups is 1. The molecule has 1 fully saturated rings. The van der Waals surface area contributed by atoms with Gasteiger partial charge < -0.3 is 10.1 Å². The van der Waals surface area contributed by atoms with Crippen molar-refractivity contribution in [3.05, 3.63) is 88.4 Å². The molecule has 6 nitrogen and oxygen atoms in total. The molecule has 1 saturated heterocycles. The summed E-state index contributed by atoms with van der Waals surface area (Å²) in [6, 6.07) is 20.2. The summed E-state index contributed by atoms with van der Waals surface area (Å²) >= 11 is 8.01. The molecule has 1 N–H and O–H groups in total. The maximum Gasteiger partial charge on any atom is 0.257 e. The normalized spacial score (nSPS) is 14.6. The summed E-state index contributed by atoms with van der Waals surface area (Å²) < 4.78 is 32.6. The van der Waals surface area contributed by atoms with Crippen LogP contribution in [0.15, 0.2) is 76.5 Å². The van der Waals surface area contributed by atoms with Gasteiger partial charge in [0.15, 0.2) is 0 Å². The number of carbonyl (C=O) groups excluding carboxylic acids is 1. The summed E-state index contributed by atoms with van der Waals surface area (Å²) in [5.74, 6) is 0.352. The van der Waals surface area contributed by atoms with Gasteiger partial charge >= 0.3 is 0 Å². The number of hydrogen-bond donors (Lipinski definition) is 1. The molecular weight excluding hydrogens is 492 g/mol. The average Bonchev–Trinajstić information content (AvgIpc) is 2.85. The van der Waals surface area contributed by atoms with Gasteiger partial charge in [-0.05, 0) is 54.4 Å². The minimum Gasteiger partial charge on any atom is -0.379 e. The Kier molecular flexibility index (Phi) is 7.95. The monoisotopic (exact) mass is 516 g/mol. The van der Waals surface area contributed by atoms with E-state index in [1.165, 1.54) is 27.4 Å². The van der Waals surface area contributed by atoms with Crippen molar-refractivity contribution >= 4 is 45.0 Å². The van der Waals surface area contributed by atoms with E-state index in [1.807, 2.05) is 43.3 Å². The smallest absolute Gasteiger partial charge is 0.257 e. The first-order valence-corrected chi connectivity index (χ1v) is 13.6. The van der Waals surface area contributed by atoms with E-state index in [2.05, 4.69) is 17.4 Å². The van der Waals surface area contributed by atoms with E-state index in [9.17, 15) is 13.2 Å². The minimum atomic E-state index is -3.74. The number of anilines is 1. The molecule has 0 atom stereocenters. The van der Waals surface area contributed by atoms with Gasteiger partial charge in [-0.15, -0.1) is 11.8 Å². The van der Waals surface area contributed by atoms with Gasteiger partial charge in [-0.2, -0.15) is 4.31 Å². The van der Waals surface area contributed by atoms with Crippen molar-refractivity contribution in [1.82, 2.24) is 4.31 Å². The lowest BCUT2D eigenvalue weighted by Crippen LogP contribution is -2.40. The second-order valence-electron chi connectivity index (χ2n) is 7.86. The van der Waals surface area contributed by atoms with Crippen molar-refractivity contribution in [2.24, 2.45) is 0 Å². The highest BCUT2D eigenvalue weighted by molar-refractivity contribution is 7.98. The molecule has 0 saturated carbocycles. The molecule has 0 aliphatic carbocycles. The van der Waals surface area contributed by atoms with E-state index in [0.717, 1.165) is 16.9 Å². The Hall–Kier alpha value is -2.36. The lowest BCUT2D eigenvalue weighted by Gasteiger charge is -2.26. The van der Waals surface area contributed by atoms with E-state index in [4.69, 9.17) is 16.3 Å². The third kappa shape index (κ3) is 5.82. The number of carbonyl (C=O) groups is 1. The molecule has 4 rings (SSSR count). The SMILES string of the molecule is Cc1cc(CSc2ccccc2)ccc1NC(=O)c1cc(S(=O)(=O)N2CCOCC2)ccc1Cl. The van der Waals surface area contributed by atoms with Crippen molar-refractivity contribution in [2.75, 3.05) is 31.6 Å². The maximum atomic E-state index is 13.0. The molecule has 178 valence electrons. The second-order valence-corrected chi connectivity index (χ2v) is 11.3. The van der Waals surface area contributed by atoms with Gasteiger partial charge in [0.05, 0.1) is 28.7 Å². The number of ether oxygens (including phenoxy) is 1. The van der Waals surface area contributed by atoms with Crippen LogP contribution in [0.3, 0.4) is 0 Å². The molecule has 0 aromatic heterocycles. The number of nitrogens with one attached hydrogen (secondary N) is 1. The Morgan fingerprint density at radius 3 is 2.50 bits per heavy atom. The van der Waals surface area contributed by atoms with E-state index in [1.54, 1.807) is 11.8 Å². The van der Waals surface area contributed by atoms with Crippen molar-refractivity contribution in [3.63, 3.8) is 0 Å². The number of hydrogen-bond acceptors (Lipinski definition) is 5. The Labute approximate surface area is 209 Å². The largest absolute Gasteiger partial charge is 0.379 e. The quantitative estimate of drug-likeness (QED) is 0.436. The zero-order valence-corrected chi connectivity index (χ0v) is 21.0. The molecule has 9 heteroatoms. The second kappa shape index (κ2) is 10.9. The van der Waals surface area contributed by atoms with E-state index in [-0.39, 0.29) is 28.6 Å². The fourth-order valence-corrected chi connectivity index (χ4v) is 6.10. The number of halogens is 1. The molecule has 0 radical (unpaired) electrons. The van der Waals surface area contributed by atoms with Gasteiger partial charge in [0.25, 0.3) is 5.91 Å². The first kappa shape index (κ1) is 24.8. The van der Waals surface area contributed by atoms with Crippen LogP contribution in [0.2, 0.25) is 5.02 Å². The summed E-state index contributed by atoms with van der Waals surface area (Å²) in [5.41, 5.74) is 2.81. The fourth-order valence-electron chi connectivity index (χ4n) is 3.60. The standard InChI is InChI=1S/C25H25ClN2O4S2/c1-18-15-19(17-33-20-5-3-2-4-6-20)7-10-24(18)27-25(29)22-16-21(8-9-23(22)26)34(30,31)28-11-13-32-14-12-28/h2-10,15-16H,11-14,17H2,1H3,(H,27,29). The van der Waals surface area contributed by atoms with Crippen LogP contribution in [0.5, 0.6) is 0 Å². The molecule has 1 amide bonds. The zero-order valence-electron chi connectivity index (χ0n) is 18.7. The summed E-state index contributed by atoms with van der Waals surface area (Å²) in [6.45, 7) is 3.17. The van der Waals surface area contributed by atoms with E-state index in [0.29, 0.717) is 18.9 Å². The molecule has 1 heterocycles. The number of amides is 1. The molecule has 0 bridgehead atoms. The minimum absolute atomic E-state index is 0.0361. The van der Waals surface area contributed by atoms with Crippen LogP contribution < -0.4 is 5.32 Å². The van der Waals surface area contributed by atoms with Gasteiger partial charge in [0.1, 0.15) is 0 Å². The third-order valence-electron chi connectivity index (χ3n) is 5.48. The summed E-state index contributed by atoms with van der Waals surface area (Å²) in [5, 5.41) is 3.05. The molecule has 3 aromatic carbocycles. The van der Waals surface area contributed by atoms with Crippen molar-refractivity contribution in [2.45, 2.75) is 22.5 Å². The van der Waals surface area contributed by atoms with Gasteiger partial charge in [0.2, 0.25) is 10.0 Å². The first-order chi connectivity index (χ1) is 16.3. The topological polar surface area (TPSA) is 75.7 Å². The predicted octanol–water partition coefficient (Wildman–Crippen LogP) is 5.21. The summed E-state index contributed by atoms with van der Waals surface area (Å²) in [4.78, 5) is 14.2. The average molecular weight is 517 g/mol. The highest BCUT2D eigenvalue weighted by Crippen LogP contribution is 2.27. The Balaban J connectivity index is 1.48. The highest BCUT2D eigenvalue weighted by atomic mass is 35.5. The zero-order chi connectivity index (χ0) is 24.1. The Bertz CT molecular complexity index is 1280. The van der Waals surface area contributed by atoms with Gasteiger partial charge in [-0.1, -0.05) is 41.9 Å². The fraction of sp³-hybridized carbons (Fsp3) is 0.240. The molecular formula is C25H25ClN2O4S2.